The average molecular weight is 261 g/mol. The number of benzene rings is 1. The number of nitrogens with two attached hydrogens (primary N) is 1. The highest BCUT2D eigenvalue weighted by atomic mass is 16.5. The van der Waals surface area contributed by atoms with E-state index in [0.717, 1.165) is 30.7 Å². The molecule has 0 fully saturated rings. The maximum Gasteiger partial charge on any atom is 0.170 e. The maximum atomic E-state index is 8.68. The van der Waals surface area contributed by atoms with Crippen LogP contribution < -0.4 is 15.8 Å². The number of rotatable bonds is 7. The smallest absolute Gasteiger partial charge is 0.170 e. The fraction of sp³-hybridized carbons (Fsp3) is 0.357. The molecule has 102 valence electrons. The second-order valence-electron chi connectivity index (χ2n) is 4.00. The number of nitrogens with zero attached hydrogens (tertiary/aromatic N) is 1. The van der Waals surface area contributed by atoms with Crippen molar-refractivity contribution >= 4 is 5.84 Å². The van der Waals surface area contributed by atoms with Gasteiger partial charge in [0, 0.05) is 24.1 Å². The summed E-state index contributed by atoms with van der Waals surface area (Å²) in [6, 6.07) is 5.38. The van der Waals surface area contributed by atoms with E-state index < -0.39 is 0 Å². The first kappa shape index (κ1) is 14.9. The molecule has 0 heterocycles. The molecule has 1 aromatic carbocycles. The molecular formula is C14H19N3O2. The van der Waals surface area contributed by atoms with Crippen LogP contribution in [0.4, 0.5) is 0 Å². The second-order valence-corrected chi connectivity index (χ2v) is 4.00. The summed E-state index contributed by atoms with van der Waals surface area (Å²) in [6.45, 7) is 1.47. The Bertz CT molecular complexity index is 478. The summed E-state index contributed by atoms with van der Waals surface area (Å²) >= 11 is 0. The van der Waals surface area contributed by atoms with E-state index in [4.69, 9.17) is 22.1 Å². The highest BCUT2D eigenvalue weighted by molar-refractivity contribution is 5.97. The van der Waals surface area contributed by atoms with Gasteiger partial charge in [-0.1, -0.05) is 5.16 Å². The van der Waals surface area contributed by atoms with Crippen molar-refractivity contribution in [3.63, 3.8) is 0 Å². The van der Waals surface area contributed by atoms with Crippen molar-refractivity contribution in [1.82, 2.24) is 5.32 Å². The lowest BCUT2D eigenvalue weighted by Gasteiger charge is -2.11. The van der Waals surface area contributed by atoms with Gasteiger partial charge in [-0.3, -0.25) is 0 Å². The third-order valence-corrected chi connectivity index (χ3v) is 2.67. The normalized spacial score (nSPS) is 11.1. The fourth-order valence-corrected chi connectivity index (χ4v) is 1.67. The van der Waals surface area contributed by atoms with Gasteiger partial charge in [-0.25, -0.2) is 0 Å². The second kappa shape index (κ2) is 8.01. The number of oxime groups is 1. The van der Waals surface area contributed by atoms with Gasteiger partial charge in [0.15, 0.2) is 5.84 Å². The van der Waals surface area contributed by atoms with Gasteiger partial charge < -0.3 is 21.0 Å². The minimum absolute atomic E-state index is 0.0798. The number of hydrogen-bond donors (Lipinski definition) is 3. The van der Waals surface area contributed by atoms with Crippen LogP contribution in [0.2, 0.25) is 0 Å². The molecule has 1 rings (SSSR count). The molecule has 19 heavy (non-hydrogen) atoms. The molecular weight excluding hydrogens is 242 g/mol. The molecule has 0 aliphatic heterocycles. The topological polar surface area (TPSA) is 79.9 Å². The van der Waals surface area contributed by atoms with Crippen molar-refractivity contribution in [1.29, 1.82) is 0 Å². The number of amidine groups is 1. The van der Waals surface area contributed by atoms with Gasteiger partial charge >= 0.3 is 0 Å². The number of terminal acetylenes is 1. The lowest BCUT2D eigenvalue weighted by atomic mass is 10.1. The van der Waals surface area contributed by atoms with Crippen LogP contribution in [0.25, 0.3) is 0 Å². The monoisotopic (exact) mass is 261 g/mol. The van der Waals surface area contributed by atoms with Crippen LogP contribution in [0, 0.1) is 12.3 Å². The van der Waals surface area contributed by atoms with Crippen molar-refractivity contribution in [3.05, 3.63) is 29.3 Å². The summed E-state index contributed by atoms with van der Waals surface area (Å²) < 4.78 is 5.28. The molecule has 0 saturated carbocycles. The van der Waals surface area contributed by atoms with E-state index >= 15 is 0 Å². The Morgan fingerprint density at radius 2 is 2.37 bits per heavy atom. The highest BCUT2D eigenvalue weighted by Crippen LogP contribution is 2.19. The van der Waals surface area contributed by atoms with Crippen LogP contribution in [0.1, 0.15) is 24.0 Å². The van der Waals surface area contributed by atoms with Gasteiger partial charge in [-0.15, -0.1) is 12.3 Å². The Morgan fingerprint density at radius 1 is 1.58 bits per heavy atom. The van der Waals surface area contributed by atoms with E-state index in [9.17, 15) is 0 Å². The maximum absolute atomic E-state index is 8.68. The van der Waals surface area contributed by atoms with Crippen LogP contribution in [-0.4, -0.2) is 24.7 Å². The third kappa shape index (κ3) is 4.53. The number of nitrogens with one attached hydrogen (secondary N) is 1. The number of hydrogen-bond acceptors (Lipinski definition) is 4. The van der Waals surface area contributed by atoms with E-state index in [2.05, 4.69) is 16.4 Å². The first-order chi connectivity index (χ1) is 9.22. The molecule has 0 radical (unpaired) electrons. The highest BCUT2D eigenvalue weighted by Gasteiger charge is 2.06. The Hall–Kier alpha value is -2.19. The minimum atomic E-state index is 0.0798. The summed E-state index contributed by atoms with van der Waals surface area (Å²) in [4.78, 5) is 0. The average Bonchev–Trinajstić information content (AvgIpc) is 2.46. The van der Waals surface area contributed by atoms with Gasteiger partial charge in [0.25, 0.3) is 0 Å². The van der Waals surface area contributed by atoms with Crippen LogP contribution in [0.15, 0.2) is 23.4 Å². The molecule has 0 unspecified atom stereocenters. The van der Waals surface area contributed by atoms with Crippen molar-refractivity contribution in [2.24, 2.45) is 10.9 Å². The molecule has 0 aliphatic carbocycles. The minimum Gasteiger partial charge on any atom is -0.496 e. The standard InChI is InChI=1S/C14H19N3O2/c1-3-4-5-8-16-10-12-9-11(14(15)17-18)6-7-13(12)19-2/h1,6-7,9,16,18H,4-5,8,10H2,2H3,(H2,15,17). The molecule has 0 amide bonds. The Labute approximate surface area is 113 Å². The molecule has 5 heteroatoms. The summed E-state index contributed by atoms with van der Waals surface area (Å²) in [5.41, 5.74) is 7.17. The zero-order chi connectivity index (χ0) is 14.1. The number of unbranched alkanes of at least 4 members (excludes halogenated alkanes) is 1. The van der Waals surface area contributed by atoms with Gasteiger partial charge in [0.05, 0.1) is 7.11 Å². The molecule has 0 aromatic heterocycles. The van der Waals surface area contributed by atoms with Gasteiger partial charge in [-0.2, -0.15) is 0 Å². The van der Waals surface area contributed by atoms with E-state index in [-0.39, 0.29) is 5.84 Å². The fourth-order valence-electron chi connectivity index (χ4n) is 1.67. The van der Waals surface area contributed by atoms with Crippen LogP contribution in [0.3, 0.4) is 0 Å². The summed E-state index contributed by atoms with van der Waals surface area (Å²) in [6.07, 6.45) is 6.87. The molecule has 0 spiro atoms. The van der Waals surface area contributed by atoms with Crippen molar-refractivity contribution in [2.75, 3.05) is 13.7 Å². The van der Waals surface area contributed by atoms with Crippen LogP contribution >= 0.6 is 0 Å². The first-order valence-electron chi connectivity index (χ1n) is 6.02. The number of ether oxygens (including phenoxy) is 1. The van der Waals surface area contributed by atoms with Gasteiger partial charge in [-0.05, 0) is 31.2 Å². The van der Waals surface area contributed by atoms with Gasteiger partial charge in [0.2, 0.25) is 0 Å². The SMILES string of the molecule is C#CCCCNCc1cc(/C(N)=N/O)ccc1OC. The molecule has 5 nitrogen and oxygen atoms in total. The van der Waals surface area contributed by atoms with Gasteiger partial charge in [0.1, 0.15) is 5.75 Å². The van der Waals surface area contributed by atoms with E-state index in [1.54, 1.807) is 19.2 Å². The van der Waals surface area contributed by atoms with Crippen LogP contribution in [-0.2, 0) is 6.54 Å². The zero-order valence-corrected chi connectivity index (χ0v) is 11.0. The summed E-state index contributed by atoms with van der Waals surface area (Å²) in [5, 5.41) is 14.9. The first-order valence-corrected chi connectivity index (χ1v) is 6.02. The predicted octanol–water partition coefficient (Wildman–Crippen LogP) is 1.29. The lowest BCUT2D eigenvalue weighted by Crippen LogP contribution is -2.17. The summed E-state index contributed by atoms with van der Waals surface area (Å²) in [5.74, 6) is 3.44. The third-order valence-electron chi connectivity index (χ3n) is 2.67. The van der Waals surface area contributed by atoms with Crippen molar-refractivity contribution in [3.8, 4) is 18.1 Å². The van der Waals surface area contributed by atoms with Crippen molar-refractivity contribution in [2.45, 2.75) is 19.4 Å². The molecule has 1 aromatic rings. The largest absolute Gasteiger partial charge is 0.496 e. The lowest BCUT2D eigenvalue weighted by molar-refractivity contribution is 0.318. The number of methoxy groups -OCH3 is 1. The molecule has 4 N–H and O–H groups in total. The van der Waals surface area contributed by atoms with E-state index in [1.165, 1.54) is 0 Å². The van der Waals surface area contributed by atoms with E-state index in [1.807, 2.05) is 6.07 Å². The molecule has 0 saturated heterocycles. The Morgan fingerprint density at radius 3 is 3.00 bits per heavy atom. The Kier molecular flexibility index (Phi) is 6.27. The molecule has 0 aliphatic rings. The molecule has 0 atom stereocenters. The molecule has 0 bridgehead atoms. The Balaban J connectivity index is 2.71. The summed E-state index contributed by atoms with van der Waals surface area (Å²) in [7, 11) is 1.61. The zero-order valence-electron chi connectivity index (χ0n) is 11.0. The van der Waals surface area contributed by atoms with E-state index in [0.29, 0.717) is 12.1 Å². The van der Waals surface area contributed by atoms with Crippen molar-refractivity contribution < 1.29 is 9.94 Å². The predicted molar refractivity (Wildman–Crippen MR) is 75.3 cm³/mol. The van der Waals surface area contributed by atoms with Crippen LogP contribution in [0.5, 0.6) is 5.75 Å². The quantitative estimate of drug-likeness (QED) is 0.172.